The van der Waals surface area contributed by atoms with Gasteiger partial charge < -0.3 is 0 Å². The van der Waals surface area contributed by atoms with Gasteiger partial charge in [0.25, 0.3) is 0 Å². The summed E-state index contributed by atoms with van der Waals surface area (Å²) in [6, 6.07) is 9.10. The van der Waals surface area contributed by atoms with Gasteiger partial charge in [-0.3, -0.25) is 19.2 Å². The molecule has 7 aliphatic rings. The molecule has 2 saturated carbocycles. The number of allylic oxidation sites excluding steroid dienone is 4. The van der Waals surface area contributed by atoms with Gasteiger partial charge in [-0.1, -0.05) is 24.3 Å². The Morgan fingerprint density at radius 2 is 0.872 bits per heavy atom. The molecular formula is C30H22N2O6S. The van der Waals surface area contributed by atoms with Crippen molar-refractivity contribution in [2.75, 3.05) is 9.80 Å². The fraction of sp³-hybridized carbons (Fsp3) is 0.333. The van der Waals surface area contributed by atoms with Gasteiger partial charge in [-0.05, 0) is 72.9 Å². The summed E-state index contributed by atoms with van der Waals surface area (Å²) in [6.45, 7) is 0. The van der Waals surface area contributed by atoms with Crippen molar-refractivity contribution < 1.29 is 27.6 Å². The first-order valence-electron chi connectivity index (χ1n) is 13.4. The minimum absolute atomic E-state index is 0.0694. The van der Waals surface area contributed by atoms with Crippen molar-refractivity contribution in [3.63, 3.8) is 0 Å². The second-order valence-corrected chi connectivity index (χ2v) is 13.8. The van der Waals surface area contributed by atoms with Crippen LogP contribution in [0.25, 0.3) is 11.1 Å². The number of fused-ring (bicyclic) bond motifs is 13. The van der Waals surface area contributed by atoms with Gasteiger partial charge in [0.1, 0.15) is 0 Å². The van der Waals surface area contributed by atoms with E-state index in [4.69, 9.17) is 0 Å². The van der Waals surface area contributed by atoms with E-state index < -0.39 is 9.84 Å². The number of nitrogens with zero attached hydrogens (tertiary/aromatic N) is 2. The van der Waals surface area contributed by atoms with E-state index in [9.17, 15) is 27.6 Å². The fourth-order valence-electron chi connectivity index (χ4n) is 8.64. The predicted molar refractivity (Wildman–Crippen MR) is 138 cm³/mol. The summed E-state index contributed by atoms with van der Waals surface area (Å²) in [4.78, 5) is 56.1. The molecule has 4 aliphatic carbocycles. The zero-order valence-electron chi connectivity index (χ0n) is 20.6. The molecule has 39 heavy (non-hydrogen) atoms. The Hall–Kier alpha value is -3.85. The molecule has 8 nitrogen and oxygen atoms in total. The maximum atomic E-state index is 13.4. The summed E-state index contributed by atoms with van der Waals surface area (Å²) in [5.74, 6) is -2.11. The Morgan fingerprint density at radius 1 is 0.538 bits per heavy atom. The number of rotatable bonds is 2. The van der Waals surface area contributed by atoms with Gasteiger partial charge in [0, 0.05) is 11.1 Å². The number of benzene rings is 2. The number of hydrogen-bond acceptors (Lipinski definition) is 6. The van der Waals surface area contributed by atoms with Gasteiger partial charge >= 0.3 is 0 Å². The normalized spacial score (nSPS) is 37.3. The quantitative estimate of drug-likeness (QED) is 0.366. The standard InChI is InChI=1S/C30H22N2O6S/c33-27-23-13-1-2-14(9-13)24(23)28(34)31(27)17-5-7-21-19(11-17)20-12-18(6-8-22(20)39(21,37)38)32-29(35)25-15-3-4-16(10-15)26(25)30(32)36/h1-8,11-16,23-26H,9-10H2/t13-,14-,15-,16-,23-,24+,25-,26+/m0/s1. The Balaban J connectivity index is 1.13. The molecule has 3 aliphatic heterocycles. The molecule has 8 atom stereocenters. The summed E-state index contributed by atoms with van der Waals surface area (Å²) >= 11 is 0. The number of carbonyl (C=O) groups excluding carboxylic acids is 4. The maximum Gasteiger partial charge on any atom is 0.238 e. The maximum absolute atomic E-state index is 13.4. The third-order valence-corrected chi connectivity index (χ3v) is 12.1. The summed E-state index contributed by atoms with van der Waals surface area (Å²) in [7, 11) is -3.84. The average molecular weight is 539 g/mol. The Labute approximate surface area is 223 Å². The fourth-order valence-corrected chi connectivity index (χ4v) is 10.3. The molecule has 9 rings (SSSR count). The second-order valence-electron chi connectivity index (χ2n) is 11.9. The number of amides is 4. The SMILES string of the molecule is O=C1[C@@H]2[C@H](C(=O)N1c1ccc3c(c1)-c1cc(N4C(=O)[C@@H]5[C@H](C4=O)[C@H]4C=C[C@H]5C4)ccc1S3(=O)=O)[C@H]1C=C[C@H]2C1. The molecule has 0 unspecified atom stereocenters. The molecule has 4 bridgehead atoms. The lowest BCUT2D eigenvalue weighted by molar-refractivity contribution is -0.124. The van der Waals surface area contributed by atoms with E-state index >= 15 is 0 Å². The number of anilines is 2. The van der Waals surface area contributed by atoms with E-state index in [0.29, 0.717) is 22.5 Å². The highest BCUT2D eigenvalue weighted by Gasteiger charge is 2.61. The molecule has 0 radical (unpaired) electrons. The number of carbonyl (C=O) groups is 4. The third-order valence-electron chi connectivity index (χ3n) is 10.3. The first-order valence-corrected chi connectivity index (χ1v) is 14.9. The van der Waals surface area contributed by atoms with E-state index in [1.165, 1.54) is 34.1 Å². The van der Waals surface area contributed by atoms with E-state index in [2.05, 4.69) is 0 Å². The van der Waals surface area contributed by atoms with Gasteiger partial charge in [-0.2, -0.15) is 0 Å². The lowest BCUT2D eigenvalue weighted by Gasteiger charge is -2.19. The molecule has 2 aromatic carbocycles. The number of imide groups is 2. The summed E-state index contributed by atoms with van der Waals surface area (Å²) in [5, 5.41) is 0. The lowest BCUT2D eigenvalue weighted by Crippen LogP contribution is -2.33. The van der Waals surface area contributed by atoms with Crippen LogP contribution < -0.4 is 9.80 Å². The molecule has 9 heteroatoms. The van der Waals surface area contributed by atoms with Crippen LogP contribution >= 0.6 is 0 Å². The molecule has 194 valence electrons. The number of sulfone groups is 1. The Kier molecular flexibility index (Phi) is 3.85. The van der Waals surface area contributed by atoms with E-state index in [0.717, 1.165) is 12.8 Å². The molecule has 4 fully saturated rings. The third kappa shape index (κ3) is 2.45. The van der Waals surface area contributed by atoms with E-state index in [-0.39, 0.29) is 80.8 Å². The van der Waals surface area contributed by atoms with Crippen LogP contribution in [-0.2, 0) is 29.0 Å². The van der Waals surface area contributed by atoms with Crippen LogP contribution in [0.2, 0.25) is 0 Å². The zero-order valence-corrected chi connectivity index (χ0v) is 21.4. The van der Waals surface area contributed by atoms with Crippen molar-refractivity contribution >= 4 is 44.8 Å². The first kappa shape index (κ1) is 22.0. The van der Waals surface area contributed by atoms with Crippen LogP contribution in [0, 0.1) is 47.3 Å². The highest BCUT2D eigenvalue weighted by atomic mass is 32.2. The minimum atomic E-state index is -3.84. The largest absolute Gasteiger partial charge is 0.274 e. The van der Waals surface area contributed by atoms with Crippen molar-refractivity contribution in [3.05, 3.63) is 60.7 Å². The van der Waals surface area contributed by atoms with Crippen LogP contribution in [0.15, 0.2) is 70.5 Å². The molecule has 0 aromatic heterocycles. The minimum Gasteiger partial charge on any atom is -0.274 e. The smallest absolute Gasteiger partial charge is 0.238 e. The highest BCUT2D eigenvalue weighted by molar-refractivity contribution is 7.92. The summed E-state index contributed by atoms with van der Waals surface area (Å²) in [6.07, 6.45) is 9.78. The molecule has 0 spiro atoms. The molecule has 2 saturated heterocycles. The average Bonchev–Trinajstić information content (AvgIpc) is 3.77. The first-order chi connectivity index (χ1) is 18.8. The molecule has 4 amide bonds. The van der Waals surface area contributed by atoms with Crippen molar-refractivity contribution in [3.8, 4) is 11.1 Å². The second kappa shape index (κ2) is 6.83. The van der Waals surface area contributed by atoms with Gasteiger partial charge in [-0.15, -0.1) is 0 Å². The van der Waals surface area contributed by atoms with Crippen molar-refractivity contribution in [2.45, 2.75) is 22.6 Å². The Bertz CT molecular complexity index is 1610. The van der Waals surface area contributed by atoms with Gasteiger partial charge in [-0.25, -0.2) is 18.2 Å². The summed E-state index contributed by atoms with van der Waals surface area (Å²) < 4.78 is 26.8. The van der Waals surface area contributed by atoms with Crippen LogP contribution in [0.1, 0.15) is 12.8 Å². The zero-order chi connectivity index (χ0) is 26.5. The highest BCUT2D eigenvalue weighted by Crippen LogP contribution is 2.56. The van der Waals surface area contributed by atoms with Gasteiger partial charge in [0.15, 0.2) is 0 Å². The van der Waals surface area contributed by atoms with Gasteiger partial charge in [0.05, 0.1) is 44.8 Å². The van der Waals surface area contributed by atoms with Crippen molar-refractivity contribution in [2.24, 2.45) is 47.3 Å². The Morgan fingerprint density at radius 3 is 1.21 bits per heavy atom. The summed E-state index contributed by atoms with van der Waals surface area (Å²) in [5.41, 5.74) is 1.42. The van der Waals surface area contributed by atoms with E-state index in [1.807, 2.05) is 24.3 Å². The molecule has 2 aromatic rings. The van der Waals surface area contributed by atoms with E-state index in [1.54, 1.807) is 12.1 Å². The van der Waals surface area contributed by atoms with Crippen molar-refractivity contribution in [1.29, 1.82) is 0 Å². The van der Waals surface area contributed by atoms with Crippen LogP contribution in [-0.4, -0.2) is 32.0 Å². The molecule has 0 N–H and O–H groups in total. The van der Waals surface area contributed by atoms with Crippen molar-refractivity contribution in [1.82, 2.24) is 0 Å². The topological polar surface area (TPSA) is 109 Å². The predicted octanol–water partition coefficient (Wildman–Crippen LogP) is 3.12. The van der Waals surface area contributed by atoms with Crippen LogP contribution in [0.5, 0.6) is 0 Å². The number of hydrogen-bond donors (Lipinski definition) is 0. The molecular weight excluding hydrogens is 516 g/mol. The monoisotopic (exact) mass is 538 g/mol. The lowest BCUT2D eigenvalue weighted by atomic mass is 9.85. The van der Waals surface area contributed by atoms with Crippen LogP contribution in [0.4, 0.5) is 11.4 Å². The molecule has 3 heterocycles. The van der Waals surface area contributed by atoms with Crippen LogP contribution in [0.3, 0.4) is 0 Å². The van der Waals surface area contributed by atoms with Gasteiger partial charge in [0.2, 0.25) is 33.5 Å².